The maximum absolute atomic E-state index is 3.46. The molecule has 0 amide bonds. The van der Waals surface area contributed by atoms with Gasteiger partial charge in [0.2, 0.25) is 0 Å². The topological polar surface area (TPSA) is 12.0 Å². The Kier molecular flexibility index (Phi) is 5.12. The van der Waals surface area contributed by atoms with Crippen molar-refractivity contribution in [3.05, 3.63) is 11.3 Å². The highest BCUT2D eigenvalue weighted by atomic mass is 14.9. The lowest BCUT2D eigenvalue weighted by Crippen LogP contribution is -2.26. The van der Waals surface area contributed by atoms with E-state index in [9.17, 15) is 0 Å². The molecule has 1 aliphatic heterocycles. The Morgan fingerprint density at radius 3 is 2.23 bits per heavy atom. The average Bonchev–Trinajstić information content (AvgIpc) is 2.23. The van der Waals surface area contributed by atoms with Crippen LogP contribution in [-0.4, -0.2) is 6.54 Å². The van der Waals surface area contributed by atoms with Crippen LogP contribution in [0.2, 0.25) is 0 Å². The van der Waals surface area contributed by atoms with Gasteiger partial charge in [-0.15, -0.1) is 0 Å². The molecule has 1 heterocycles. The zero-order valence-corrected chi connectivity index (χ0v) is 10.1. The van der Waals surface area contributed by atoms with Gasteiger partial charge in [-0.2, -0.15) is 0 Å². The molecule has 1 nitrogen and oxygen atoms in total. The van der Waals surface area contributed by atoms with Gasteiger partial charge in [-0.1, -0.05) is 33.3 Å². The highest BCUT2D eigenvalue weighted by Gasteiger charge is 2.20. The molecule has 1 rings (SSSR count). The summed E-state index contributed by atoms with van der Waals surface area (Å²) in [4.78, 5) is 0. The molecule has 0 aromatic rings. The Labute approximate surface area is 83.6 Å². The van der Waals surface area contributed by atoms with Gasteiger partial charge in [0, 0.05) is 12.2 Å². The van der Waals surface area contributed by atoms with E-state index in [0.717, 1.165) is 6.54 Å². The molecule has 78 valence electrons. The standard InChI is InChI=1S/C10H19N.C2H6/c1-8-5-6-10(3,4)7-11-9(8)2;1-2/h11H,5-7H2,1-4H3;1-2H3. The molecule has 0 atom stereocenters. The van der Waals surface area contributed by atoms with Crippen LogP contribution in [0.1, 0.15) is 54.4 Å². The molecule has 1 N–H and O–H groups in total. The molecule has 0 bridgehead atoms. The smallest absolute Gasteiger partial charge is 0.0195 e. The summed E-state index contributed by atoms with van der Waals surface area (Å²) in [5.74, 6) is 0. The fourth-order valence-electron chi connectivity index (χ4n) is 1.32. The third-order valence-electron chi connectivity index (χ3n) is 2.65. The third-order valence-corrected chi connectivity index (χ3v) is 2.65. The largest absolute Gasteiger partial charge is 0.388 e. The van der Waals surface area contributed by atoms with Gasteiger partial charge in [-0.25, -0.2) is 0 Å². The third kappa shape index (κ3) is 4.35. The van der Waals surface area contributed by atoms with E-state index in [1.54, 1.807) is 0 Å². The van der Waals surface area contributed by atoms with Gasteiger partial charge in [0.1, 0.15) is 0 Å². The molecule has 0 saturated heterocycles. The van der Waals surface area contributed by atoms with Crippen molar-refractivity contribution in [1.82, 2.24) is 5.32 Å². The van der Waals surface area contributed by atoms with E-state index in [1.807, 2.05) is 13.8 Å². The lowest BCUT2D eigenvalue weighted by Gasteiger charge is -2.22. The van der Waals surface area contributed by atoms with Crippen LogP contribution in [0, 0.1) is 5.41 Å². The van der Waals surface area contributed by atoms with E-state index in [2.05, 4.69) is 33.0 Å². The van der Waals surface area contributed by atoms with Gasteiger partial charge in [0.25, 0.3) is 0 Å². The summed E-state index contributed by atoms with van der Waals surface area (Å²) in [6.07, 6.45) is 2.56. The zero-order chi connectivity index (χ0) is 10.5. The van der Waals surface area contributed by atoms with Gasteiger partial charge >= 0.3 is 0 Å². The minimum absolute atomic E-state index is 0.471. The maximum atomic E-state index is 3.46. The van der Waals surface area contributed by atoms with Crippen LogP contribution in [0.4, 0.5) is 0 Å². The van der Waals surface area contributed by atoms with Gasteiger partial charge < -0.3 is 5.32 Å². The van der Waals surface area contributed by atoms with E-state index in [0.29, 0.717) is 5.41 Å². The molecule has 1 aliphatic rings. The summed E-state index contributed by atoms with van der Waals surface area (Å²) in [7, 11) is 0. The second kappa shape index (κ2) is 5.31. The highest BCUT2D eigenvalue weighted by molar-refractivity contribution is 5.10. The molecule has 0 saturated carbocycles. The van der Waals surface area contributed by atoms with Crippen LogP contribution < -0.4 is 5.32 Å². The minimum atomic E-state index is 0.471. The van der Waals surface area contributed by atoms with Crippen molar-refractivity contribution in [2.45, 2.75) is 54.4 Å². The van der Waals surface area contributed by atoms with Gasteiger partial charge in [-0.05, 0) is 32.1 Å². The van der Waals surface area contributed by atoms with Gasteiger partial charge in [-0.3, -0.25) is 0 Å². The summed E-state index contributed by atoms with van der Waals surface area (Å²) in [5, 5.41) is 3.46. The Morgan fingerprint density at radius 2 is 1.69 bits per heavy atom. The number of allylic oxidation sites excluding steroid dienone is 2. The molecule has 0 aromatic carbocycles. The number of nitrogens with one attached hydrogen (secondary N) is 1. The molecule has 0 fully saturated rings. The molecule has 0 unspecified atom stereocenters. The average molecular weight is 183 g/mol. The Bertz CT molecular complexity index is 160. The van der Waals surface area contributed by atoms with Crippen LogP contribution in [0.25, 0.3) is 0 Å². The molecular formula is C12H25N. The Balaban J connectivity index is 0.000000671. The molecule has 0 spiro atoms. The zero-order valence-electron chi connectivity index (χ0n) is 10.1. The lowest BCUT2D eigenvalue weighted by atomic mass is 9.87. The van der Waals surface area contributed by atoms with E-state index in [1.165, 1.54) is 24.1 Å². The molecular weight excluding hydrogens is 158 g/mol. The van der Waals surface area contributed by atoms with E-state index in [-0.39, 0.29) is 0 Å². The number of rotatable bonds is 0. The fraction of sp³-hybridized carbons (Fsp3) is 0.833. The van der Waals surface area contributed by atoms with Crippen LogP contribution in [0.15, 0.2) is 11.3 Å². The van der Waals surface area contributed by atoms with Crippen molar-refractivity contribution in [3.63, 3.8) is 0 Å². The van der Waals surface area contributed by atoms with Crippen molar-refractivity contribution < 1.29 is 0 Å². The van der Waals surface area contributed by atoms with Crippen LogP contribution in [0.5, 0.6) is 0 Å². The summed E-state index contributed by atoms with van der Waals surface area (Å²) in [6, 6.07) is 0. The second-order valence-corrected chi connectivity index (χ2v) is 4.42. The van der Waals surface area contributed by atoms with Crippen molar-refractivity contribution in [2.24, 2.45) is 5.41 Å². The molecule has 13 heavy (non-hydrogen) atoms. The van der Waals surface area contributed by atoms with Crippen molar-refractivity contribution in [2.75, 3.05) is 6.54 Å². The maximum Gasteiger partial charge on any atom is 0.0195 e. The van der Waals surface area contributed by atoms with Gasteiger partial charge in [0.05, 0.1) is 0 Å². The van der Waals surface area contributed by atoms with Gasteiger partial charge in [0.15, 0.2) is 0 Å². The summed E-state index contributed by atoms with van der Waals surface area (Å²) in [5.41, 5.74) is 3.38. The first-order chi connectivity index (χ1) is 6.01. The van der Waals surface area contributed by atoms with Crippen molar-refractivity contribution >= 4 is 0 Å². The summed E-state index contributed by atoms with van der Waals surface area (Å²) in [6.45, 7) is 14.2. The van der Waals surface area contributed by atoms with E-state index >= 15 is 0 Å². The second-order valence-electron chi connectivity index (χ2n) is 4.42. The SMILES string of the molecule is CC.CC1=C(C)NCC(C)(C)CC1. The highest BCUT2D eigenvalue weighted by Crippen LogP contribution is 2.27. The molecule has 0 aliphatic carbocycles. The fourth-order valence-corrected chi connectivity index (χ4v) is 1.32. The van der Waals surface area contributed by atoms with E-state index in [4.69, 9.17) is 0 Å². The van der Waals surface area contributed by atoms with Crippen LogP contribution in [-0.2, 0) is 0 Å². The molecule has 0 radical (unpaired) electrons. The monoisotopic (exact) mass is 183 g/mol. The number of hydrogen-bond acceptors (Lipinski definition) is 1. The first-order valence-electron chi connectivity index (χ1n) is 5.41. The lowest BCUT2D eigenvalue weighted by molar-refractivity contribution is 0.336. The van der Waals surface area contributed by atoms with Crippen LogP contribution in [0.3, 0.4) is 0 Å². The van der Waals surface area contributed by atoms with E-state index < -0.39 is 0 Å². The Morgan fingerprint density at radius 1 is 1.15 bits per heavy atom. The predicted molar refractivity (Wildman–Crippen MR) is 60.7 cm³/mol. The predicted octanol–water partition coefficient (Wildman–Crippen LogP) is 3.72. The number of hydrogen-bond donors (Lipinski definition) is 1. The summed E-state index contributed by atoms with van der Waals surface area (Å²) >= 11 is 0. The first-order valence-corrected chi connectivity index (χ1v) is 5.41. The van der Waals surface area contributed by atoms with Crippen LogP contribution >= 0.6 is 0 Å². The first kappa shape index (κ1) is 12.5. The molecule has 0 aromatic heterocycles. The molecule has 1 heteroatoms. The minimum Gasteiger partial charge on any atom is -0.388 e. The quantitative estimate of drug-likeness (QED) is 0.603. The normalized spacial score (nSPS) is 21.1. The Hall–Kier alpha value is -0.460. The van der Waals surface area contributed by atoms with Crippen molar-refractivity contribution in [1.29, 1.82) is 0 Å². The van der Waals surface area contributed by atoms with Crippen molar-refractivity contribution in [3.8, 4) is 0 Å². The summed E-state index contributed by atoms with van der Waals surface area (Å²) < 4.78 is 0.